The van der Waals surface area contributed by atoms with Crippen LogP contribution in [0.1, 0.15) is 50.8 Å². The Kier molecular flexibility index (Phi) is 6.32. The number of carbonyl (C=O) groups is 1. The fourth-order valence-corrected chi connectivity index (χ4v) is 4.72. The van der Waals surface area contributed by atoms with Gasteiger partial charge in [-0.15, -0.1) is 0 Å². The number of carbonyl (C=O) groups excluding carboxylic acids is 1. The molecule has 0 unspecified atom stereocenters. The number of pyridine rings is 1. The minimum Gasteiger partial charge on any atom is -0.438 e. The molecule has 2 aromatic carbocycles. The number of ether oxygens (including phenoxy) is 1. The summed E-state index contributed by atoms with van der Waals surface area (Å²) in [5, 5.41) is 10.5. The highest BCUT2D eigenvalue weighted by Gasteiger charge is 2.47. The van der Waals surface area contributed by atoms with Gasteiger partial charge in [-0.2, -0.15) is 0 Å². The number of rotatable bonds is 6. The maximum atomic E-state index is 14.7. The highest BCUT2D eigenvalue weighted by atomic mass is 19.1. The lowest BCUT2D eigenvalue weighted by molar-refractivity contribution is -0.102. The van der Waals surface area contributed by atoms with E-state index in [0.29, 0.717) is 13.0 Å². The number of cyclic esters (lactones) is 1. The fraction of sp³-hybridized carbons (Fsp3) is 0.333. The zero-order valence-electron chi connectivity index (χ0n) is 19.5. The summed E-state index contributed by atoms with van der Waals surface area (Å²) in [5.41, 5.74) is 0.308. The Morgan fingerprint density at radius 3 is 2.44 bits per heavy atom. The average Bonchev–Trinajstić information content (AvgIpc) is 2.78. The number of halogens is 1. The monoisotopic (exact) mass is 464 g/mol. The number of nitrogens with zero attached hydrogens (tertiary/aromatic N) is 1. The number of aromatic nitrogens is 1. The summed E-state index contributed by atoms with van der Waals surface area (Å²) in [6, 6.07) is 17.0. The van der Waals surface area contributed by atoms with Gasteiger partial charge >= 0.3 is 6.09 Å². The smallest absolute Gasteiger partial charge is 0.411 e. The van der Waals surface area contributed by atoms with Crippen molar-refractivity contribution in [1.82, 2.24) is 9.88 Å². The van der Waals surface area contributed by atoms with Crippen LogP contribution in [0, 0.1) is 5.82 Å². The Balaban J connectivity index is 1.56. The van der Waals surface area contributed by atoms with E-state index in [9.17, 15) is 19.1 Å². The van der Waals surface area contributed by atoms with Crippen LogP contribution in [-0.4, -0.2) is 33.2 Å². The molecule has 0 saturated carbocycles. The van der Waals surface area contributed by atoms with Gasteiger partial charge in [0.1, 0.15) is 11.4 Å². The van der Waals surface area contributed by atoms with Gasteiger partial charge in [-0.05, 0) is 49.6 Å². The standard InChI is InChI=1S/C27H29FN2O4/c1-18(19-8-10-20(11-9-19)21-12-14-29-24(31)16-21)30-15-13-27(34-25(30)32,17-26(2,3)33)22-6-4-5-7-23(22)28/h4-12,14,16,18,33H,13,15,17H2,1-3H3,(H,29,31)/t18-,27-/m0/s1. The van der Waals surface area contributed by atoms with Crippen LogP contribution in [0.4, 0.5) is 9.18 Å². The van der Waals surface area contributed by atoms with E-state index in [1.54, 1.807) is 43.1 Å². The summed E-state index contributed by atoms with van der Waals surface area (Å²) in [7, 11) is 0. The first-order valence-electron chi connectivity index (χ1n) is 11.3. The van der Waals surface area contributed by atoms with Crippen molar-refractivity contribution in [2.45, 2.75) is 50.9 Å². The molecule has 2 atom stereocenters. The van der Waals surface area contributed by atoms with Crippen molar-refractivity contribution >= 4 is 6.09 Å². The van der Waals surface area contributed by atoms with Crippen molar-refractivity contribution in [1.29, 1.82) is 0 Å². The van der Waals surface area contributed by atoms with Crippen LogP contribution in [0.5, 0.6) is 0 Å². The van der Waals surface area contributed by atoms with E-state index in [0.717, 1.165) is 16.7 Å². The van der Waals surface area contributed by atoms with Crippen molar-refractivity contribution in [2.24, 2.45) is 0 Å². The maximum absolute atomic E-state index is 14.7. The van der Waals surface area contributed by atoms with Crippen molar-refractivity contribution in [3.8, 4) is 11.1 Å². The number of H-pyrrole nitrogens is 1. The van der Waals surface area contributed by atoms with Crippen molar-refractivity contribution in [3.05, 3.63) is 94.2 Å². The Hall–Kier alpha value is -3.45. The van der Waals surface area contributed by atoms with E-state index in [2.05, 4.69) is 4.98 Å². The lowest BCUT2D eigenvalue weighted by atomic mass is 9.79. The van der Waals surface area contributed by atoms with E-state index in [-0.39, 0.29) is 23.6 Å². The summed E-state index contributed by atoms with van der Waals surface area (Å²) >= 11 is 0. The third-order valence-electron chi connectivity index (χ3n) is 6.33. The molecule has 34 heavy (non-hydrogen) atoms. The molecule has 4 rings (SSSR count). The highest BCUT2D eigenvalue weighted by molar-refractivity contribution is 5.70. The summed E-state index contributed by atoms with van der Waals surface area (Å²) in [4.78, 5) is 29.0. The van der Waals surface area contributed by atoms with Crippen molar-refractivity contribution in [3.63, 3.8) is 0 Å². The average molecular weight is 465 g/mol. The number of hydrogen-bond donors (Lipinski definition) is 2. The second-order valence-electron chi connectivity index (χ2n) is 9.51. The molecule has 0 aliphatic carbocycles. The predicted molar refractivity (Wildman–Crippen MR) is 128 cm³/mol. The highest BCUT2D eigenvalue weighted by Crippen LogP contribution is 2.43. The Morgan fingerprint density at radius 1 is 1.12 bits per heavy atom. The quantitative estimate of drug-likeness (QED) is 0.529. The van der Waals surface area contributed by atoms with Crippen LogP contribution in [0.3, 0.4) is 0 Å². The summed E-state index contributed by atoms with van der Waals surface area (Å²) in [6.45, 7) is 5.51. The number of nitrogens with one attached hydrogen (secondary N) is 1. The van der Waals surface area contributed by atoms with Gasteiger partial charge < -0.3 is 19.7 Å². The van der Waals surface area contributed by atoms with Gasteiger partial charge in [0, 0.05) is 37.2 Å². The molecule has 0 bridgehead atoms. The Bertz CT molecular complexity index is 1230. The zero-order valence-corrected chi connectivity index (χ0v) is 19.5. The molecule has 1 fully saturated rings. The lowest BCUT2D eigenvalue weighted by Gasteiger charge is -2.45. The minimum atomic E-state index is -1.25. The first kappa shape index (κ1) is 23.7. The van der Waals surface area contributed by atoms with Crippen LogP contribution < -0.4 is 5.56 Å². The molecule has 2 N–H and O–H groups in total. The van der Waals surface area contributed by atoms with E-state index in [4.69, 9.17) is 4.74 Å². The summed E-state index contributed by atoms with van der Waals surface area (Å²) in [6.07, 6.45) is 1.48. The summed E-state index contributed by atoms with van der Waals surface area (Å²) < 4.78 is 20.7. The van der Waals surface area contributed by atoms with Gasteiger partial charge in [-0.25, -0.2) is 9.18 Å². The predicted octanol–water partition coefficient (Wildman–Crippen LogP) is 5.14. The van der Waals surface area contributed by atoms with E-state index in [1.165, 1.54) is 12.1 Å². The second-order valence-corrected chi connectivity index (χ2v) is 9.51. The molecule has 2 heterocycles. The molecule has 7 heteroatoms. The number of benzene rings is 2. The number of hydrogen-bond acceptors (Lipinski definition) is 4. The molecule has 1 aliphatic rings. The first-order valence-corrected chi connectivity index (χ1v) is 11.3. The van der Waals surface area contributed by atoms with Gasteiger partial charge in [0.25, 0.3) is 0 Å². The molecule has 178 valence electrons. The normalized spacial score (nSPS) is 19.6. The molecule has 0 radical (unpaired) electrons. The van der Waals surface area contributed by atoms with Gasteiger partial charge in [-0.3, -0.25) is 4.79 Å². The van der Waals surface area contributed by atoms with Crippen LogP contribution in [0.2, 0.25) is 0 Å². The summed E-state index contributed by atoms with van der Waals surface area (Å²) in [5.74, 6) is -0.462. The number of aromatic amines is 1. The largest absolute Gasteiger partial charge is 0.438 e. The van der Waals surface area contributed by atoms with Gasteiger partial charge in [-0.1, -0.05) is 42.5 Å². The molecule has 0 spiro atoms. The fourth-order valence-electron chi connectivity index (χ4n) is 4.72. The molecule has 1 aliphatic heterocycles. The molecular formula is C27H29FN2O4. The van der Waals surface area contributed by atoms with Crippen molar-refractivity contribution < 1.29 is 19.0 Å². The van der Waals surface area contributed by atoms with E-state index >= 15 is 0 Å². The van der Waals surface area contributed by atoms with Crippen LogP contribution in [0.15, 0.2) is 71.7 Å². The molecule has 6 nitrogen and oxygen atoms in total. The van der Waals surface area contributed by atoms with Gasteiger partial charge in [0.15, 0.2) is 0 Å². The molecular weight excluding hydrogens is 435 g/mol. The zero-order chi connectivity index (χ0) is 24.5. The second kappa shape index (κ2) is 9.06. The maximum Gasteiger partial charge on any atom is 0.411 e. The molecule has 3 aromatic rings. The van der Waals surface area contributed by atoms with Crippen LogP contribution in [-0.2, 0) is 10.3 Å². The SMILES string of the molecule is C[C@@H](c1ccc(-c2cc[nH]c(=O)c2)cc1)N1CC[C@](CC(C)(C)O)(c2ccccc2F)OC1=O. The third kappa shape index (κ3) is 4.89. The van der Waals surface area contributed by atoms with Gasteiger partial charge in [0.2, 0.25) is 5.56 Å². The first-order chi connectivity index (χ1) is 16.1. The van der Waals surface area contributed by atoms with Crippen molar-refractivity contribution in [2.75, 3.05) is 6.54 Å². The Labute approximate surface area is 198 Å². The Morgan fingerprint density at radius 2 is 1.82 bits per heavy atom. The van der Waals surface area contributed by atoms with E-state index in [1.807, 2.05) is 37.3 Å². The van der Waals surface area contributed by atoms with Crippen LogP contribution >= 0.6 is 0 Å². The molecule has 1 saturated heterocycles. The lowest BCUT2D eigenvalue weighted by Crippen LogP contribution is -2.51. The minimum absolute atomic E-state index is 0.0831. The van der Waals surface area contributed by atoms with Crippen LogP contribution in [0.25, 0.3) is 11.1 Å². The third-order valence-corrected chi connectivity index (χ3v) is 6.33. The molecule has 1 aromatic heterocycles. The topological polar surface area (TPSA) is 82.6 Å². The van der Waals surface area contributed by atoms with Gasteiger partial charge in [0.05, 0.1) is 11.6 Å². The van der Waals surface area contributed by atoms with E-state index < -0.39 is 23.1 Å². The molecule has 1 amide bonds. The number of amides is 1. The number of aliphatic hydroxyl groups is 1.